The highest BCUT2D eigenvalue weighted by molar-refractivity contribution is 4.76. The van der Waals surface area contributed by atoms with Crippen LogP contribution in [0.1, 0.15) is 48.5 Å². The molecule has 2 N–H and O–H groups in total. The minimum Gasteiger partial charge on any atom is -0.389 e. The molecular weight excluding hydrogens is 212 g/mol. The molecule has 0 rings (SSSR count). The Morgan fingerprint density at radius 2 is 1.71 bits per heavy atom. The highest BCUT2D eigenvalue weighted by Crippen LogP contribution is 2.08. The number of rotatable bonds is 7. The SMILES string of the molecule is CCN(CC(C)CNC(C)(C)C)CC(C)(C)O. The lowest BCUT2D eigenvalue weighted by molar-refractivity contribution is 0.0334. The van der Waals surface area contributed by atoms with Crippen molar-refractivity contribution in [3.05, 3.63) is 0 Å². The van der Waals surface area contributed by atoms with Gasteiger partial charge in [-0.1, -0.05) is 13.8 Å². The van der Waals surface area contributed by atoms with Gasteiger partial charge in [-0.05, 0) is 53.6 Å². The van der Waals surface area contributed by atoms with Crippen LogP contribution in [-0.2, 0) is 0 Å². The molecule has 0 fully saturated rings. The van der Waals surface area contributed by atoms with Crippen molar-refractivity contribution in [1.82, 2.24) is 10.2 Å². The summed E-state index contributed by atoms with van der Waals surface area (Å²) in [6.07, 6.45) is 0. The van der Waals surface area contributed by atoms with Crippen LogP contribution in [0, 0.1) is 5.92 Å². The van der Waals surface area contributed by atoms with Gasteiger partial charge >= 0.3 is 0 Å². The third-order valence-electron chi connectivity index (χ3n) is 2.61. The summed E-state index contributed by atoms with van der Waals surface area (Å²) in [7, 11) is 0. The van der Waals surface area contributed by atoms with Crippen molar-refractivity contribution in [2.75, 3.05) is 26.2 Å². The number of aliphatic hydroxyl groups is 1. The van der Waals surface area contributed by atoms with Crippen LogP contribution in [-0.4, -0.2) is 47.3 Å². The van der Waals surface area contributed by atoms with Crippen LogP contribution in [0.3, 0.4) is 0 Å². The Labute approximate surface area is 108 Å². The molecule has 0 radical (unpaired) electrons. The number of nitrogens with zero attached hydrogens (tertiary/aromatic N) is 1. The van der Waals surface area contributed by atoms with Crippen LogP contribution in [0.2, 0.25) is 0 Å². The van der Waals surface area contributed by atoms with Crippen molar-refractivity contribution in [3.8, 4) is 0 Å². The summed E-state index contributed by atoms with van der Waals surface area (Å²) in [4.78, 5) is 2.31. The van der Waals surface area contributed by atoms with E-state index in [-0.39, 0.29) is 5.54 Å². The fourth-order valence-corrected chi connectivity index (χ4v) is 1.84. The van der Waals surface area contributed by atoms with Gasteiger partial charge in [0, 0.05) is 18.6 Å². The largest absolute Gasteiger partial charge is 0.389 e. The highest BCUT2D eigenvalue weighted by atomic mass is 16.3. The van der Waals surface area contributed by atoms with Gasteiger partial charge in [0.1, 0.15) is 0 Å². The molecule has 1 atom stereocenters. The Morgan fingerprint density at radius 3 is 2.06 bits per heavy atom. The van der Waals surface area contributed by atoms with Gasteiger partial charge in [-0.3, -0.25) is 0 Å². The predicted octanol–water partition coefficient (Wildman–Crippen LogP) is 2.10. The molecule has 17 heavy (non-hydrogen) atoms. The van der Waals surface area contributed by atoms with Gasteiger partial charge in [0.25, 0.3) is 0 Å². The molecule has 104 valence electrons. The summed E-state index contributed by atoms with van der Waals surface area (Å²) in [5, 5.41) is 13.4. The summed E-state index contributed by atoms with van der Waals surface area (Å²) in [5.41, 5.74) is -0.422. The lowest BCUT2D eigenvalue weighted by atomic mass is 10.1. The van der Waals surface area contributed by atoms with Gasteiger partial charge in [-0.15, -0.1) is 0 Å². The van der Waals surface area contributed by atoms with Crippen LogP contribution in [0.15, 0.2) is 0 Å². The van der Waals surface area contributed by atoms with Crippen molar-refractivity contribution in [2.45, 2.75) is 59.6 Å². The molecule has 0 saturated carbocycles. The van der Waals surface area contributed by atoms with E-state index in [1.807, 2.05) is 13.8 Å². The fraction of sp³-hybridized carbons (Fsp3) is 1.00. The maximum absolute atomic E-state index is 9.83. The third-order valence-corrected chi connectivity index (χ3v) is 2.61. The molecule has 0 saturated heterocycles. The van der Waals surface area contributed by atoms with Gasteiger partial charge in [-0.2, -0.15) is 0 Å². The first-order chi connectivity index (χ1) is 7.53. The second-order valence-corrected chi connectivity index (χ2v) is 6.88. The zero-order valence-electron chi connectivity index (χ0n) is 12.8. The maximum atomic E-state index is 9.83. The number of nitrogens with one attached hydrogen (secondary N) is 1. The summed E-state index contributed by atoms with van der Waals surface area (Å²) < 4.78 is 0. The van der Waals surface area contributed by atoms with E-state index in [1.165, 1.54) is 0 Å². The standard InChI is InChI=1S/C14H32N2O/c1-8-16(11-14(6,7)17)10-12(2)9-15-13(3,4)5/h12,15,17H,8-11H2,1-7H3. The van der Waals surface area contributed by atoms with Crippen LogP contribution >= 0.6 is 0 Å². The third kappa shape index (κ3) is 10.7. The Balaban J connectivity index is 4.03. The quantitative estimate of drug-likeness (QED) is 0.720. The minimum absolute atomic E-state index is 0.182. The van der Waals surface area contributed by atoms with E-state index in [9.17, 15) is 5.11 Å². The van der Waals surface area contributed by atoms with Gasteiger partial charge < -0.3 is 15.3 Å². The molecule has 0 aliphatic heterocycles. The van der Waals surface area contributed by atoms with Gasteiger partial charge in [0.2, 0.25) is 0 Å². The zero-order chi connectivity index (χ0) is 13.7. The van der Waals surface area contributed by atoms with E-state index in [1.54, 1.807) is 0 Å². The molecule has 1 unspecified atom stereocenters. The van der Waals surface area contributed by atoms with Crippen molar-refractivity contribution >= 4 is 0 Å². The monoisotopic (exact) mass is 244 g/mol. The topological polar surface area (TPSA) is 35.5 Å². The number of likely N-dealkylation sites (N-methyl/N-ethyl adjacent to an activating group) is 1. The summed E-state index contributed by atoms with van der Waals surface area (Å²) >= 11 is 0. The average Bonchev–Trinajstić information content (AvgIpc) is 2.10. The van der Waals surface area contributed by atoms with E-state index in [0.717, 1.165) is 26.2 Å². The van der Waals surface area contributed by atoms with E-state index >= 15 is 0 Å². The second kappa shape index (κ2) is 6.72. The molecule has 0 aromatic heterocycles. The van der Waals surface area contributed by atoms with Crippen LogP contribution < -0.4 is 5.32 Å². The number of hydrogen-bond acceptors (Lipinski definition) is 3. The molecular formula is C14H32N2O. The van der Waals surface area contributed by atoms with Gasteiger partial charge in [-0.25, -0.2) is 0 Å². The molecule has 0 aromatic rings. The first-order valence-corrected chi connectivity index (χ1v) is 6.73. The van der Waals surface area contributed by atoms with Crippen molar-refractivity contribution in [2.24, 2.45) is 5.92 Å². The Bertz CT molecular complexity index is 203. The molecule has 0 spiro atoms. The molecule has 3 heteroatoms. The number of hydrogen-bond donors (Lipinski definition) is 2. The first kappa shape index (κ1) is 16.9. The Kier molecular flexibility index (Phi) is 6.67. The van der Waals surface area contributed by atoms with Crippen molar-refractivity contribution < 1.29 is 5.11 Å². The summed E-state index contributed by atoms with van der Waals surface area (Å²) in [5.74, 6) is 0.594. The van der Waals surface area contributed by atoms with Crippen molar-refractivity contribution in [3.63, 3.8) is 0 Å². The molecule has 0 amide bonds. The van der Waals surface area contributed by atoms with E-state index in [4.69, 9.17) is 0 Å². The second-order valence-electron chi connectivity index (χ2n) is 6.88. The Morgan fingerprint density at radius 1 is 1.18 bits per heavy atom. The maximum Gasteiger partial charge on any atom is 0.0718 e. The van der Waals surface area contributed by atoms with Crippen molar-refractivity contribution in [1.29, 1.82) is 0 Å². The molecule has 0 heterocycles. The first-order valence-electron chi connectivity index (χ1n) is 6.73. The Hall–Kier alpha value is -0.120. The van der Waals surface area contributed by atoms with Crippen LogP contribution in [0.25, 0.3) is 0 Å². The lowest BCUT2D eigenvalue weighted by Gasteiger charge is -2.31. The predicted molar refractivity (Wildman–Crippen MR) is 75.3 cm³/mol. The molecule has 0 aliphatic carbocycles. The van der Waals surface area contributed by atoms with E-state index in [2.05, 4.69) is 44.8 Å². The van der Waals surface area contributed by atoms with Gasteiger partial charge in [0.05, 0.1) is 5.60 Å². The van der Waals surface area contributed by atoms with Crippen LogP contribution in [0.5, 0.6) is 0 Å². The average molecular weight is 244 g/mol. The molecule has 0 bridgehead atoms. The fourth-order valence-electron chi connectivity index (χ4n) is 1.84. The van der Waals surface area contributed by atoms with Crippen LogP contribution in [0.4, 0.5) is 0 Å². The smallest absolute Gasteiger partial charge is 0.0718 e. The minimum atomic E-state index is -0.604. The normalized spacial score (nSPS) is 15.4. The zero-order valence-corrected chi connectivity index (χ0v) is 12.8. The summed E-state index contributed by atoms with van der Waals surface area (Å²) in [6.45, 7) is 18.5. The van der Waals surface area contributed by atoms with E-state index < -0.39 is 5.60 Å². The van der Waals surface area contributed by atoms with Gasteiger partial charge in [0.15, 0.2) is 0 Å². The lowest BCUT2D eigenvalue weighted by Crippen LogP contribution is -2.44. The molecule has 0 aromatic carbocycles. The molecule has 0 aliphatic rings. The highest BCUT2D eigenvalue weighted by Gasteiger charge is 2.19. The summed E-state index contributed by atoms with van der Waals surface area (Å²) in [6, 6.07) is 0. The van der Waals surface area contributed by atoms with E-state index in [0.29, 0.717) is 5.92 Å². The molecule has 3 nitrogen and oxygen atoms in total.